The first-order chi connectivity index (χ1) is 19.5. The Labute approximate surface area is 235 Å². The van der Waals surface area contributed by atoms with Crippen LogP contribution in [0.5, 0.6) is 0 Å². The summed E-state index contributed by atoms with van der Waals surface area (Å²) < 4.78 is 12.7. The van der Waals surface area contributed by atoms with E-state index in [1.165, 1.54) is 0 Å². The topological polar surface area (TPSA) is 52.6 Å². The van der Waals surface area contributed by atoms with E-state index >= 15 is 0 Å². The number of hydrogen-bond acceptors (Lipinski definition) is 4. The van der Waals surface area contributed by atoms with Crippen LogP contribution in [0.3, 0.4) is 0 Å². The normalized spacial score (nSPS) is 26.3. The van der Waals surface area contributed by atoms with E-state index in [-0.39, 0.29) is 11.9 Å². The van der Waals surface area contributed by atoms with Crippen molar-refractivity contribution in [1.82, 2.24) is 0 Å². The fraction of sp³-hybridized carbons (Fsp3) is 0.278. The van der Waals surface area contributed by atoms with Gasteiger partial charge in [0.2, 0.25) is 0 Å². The van der Waals surface area contributed by atoms with Crippen LogP contribution in [0.25, 0.3) is 22.3 Å². The van der Waals surface area contributed by atoms with Gasteiger partial charge >= 0.3 is 11.9 Å². The Hall–Kier alpha value is -4.18. The molecule has 0 aliphatic heterocycles. The van der Waals surface area contributed by atoms with Crippen LogP contribution in [0.2, 0.25) is 0 Å². The molecule has 4 aliphatic rings. The van der Waals surface area contributed by atoms with Gasteiger partial charge in [0.25, 0.3) is 0 Å². The summed E-state index contributed by atoms with van der Waals surface area (Å²) >= 11 is 0. The quantitative estimate of drug-likeness (QED) is 0.237. The van der Waals surface area contributed by atoms with Crippen LogP contribution in [-0.2, 0) is 9.47 Å². The summed E-state index contributed by atoms with van der Waals surface area (Å²) in [5.74, 6) is 0.226. The van der Waals surface area contributed by atoms with Gasteiger partial charge in [-0.1, -0.05) is 84.9 Å². The Morgan fingerprint density at radius 2 is 0.850 bits per heavy atom. The lowest BCUT2D eigenvalue weighted by atomic mass is 9.52. The van der Waals surface area contributed by atoms with Gasteiger partial charge in [0.1, 0.15) is 11.2 Å². The summed E-state index contributed by atoms with van der Waals surface area (Å²) in [6.45, 7) is 0. The van der Waals surface area contributed by atoms with Gasteiger partial charge in [0.05, 0.1) is 11.1 Å². The molecule has 4 fully saturated rings. The Balaban J connectivity index is 1.06. The fourth-order valence-corrected chi connectivity index (χ4v) is 7.70. The minimum absolute atomic E-state index is 0.292. The van der Waals surface area contributed by atoms with Crippen LogP contribution in [0.1, 0.15) is 59.2 Å². The van der Waals surface area contributed by atoms with Crippen molar-refractivity contribution in [1.29, 1.82) is 0 Å². The third-order valence-corrected chi connectivity index (χ3v) is 9.03. The van der Waals surface area contributed by atoms with E-state index in [0.717, 1.165) is 54.4 Å². The van der Waals surface area contributed by atoms with Crippen LogP contribution >= 0.6 is 0 Å². The van der Waals surface area contributed by atoms with Gasteiger partial charge < -0.3 is 9.47 Å². The summed E-state index contributed by atoms with van der Waals surface area (Å²) in [5.41, 5.74) is 4.32. The van der Waals surface area contributed by atoms with Gasteiger partial charge in [-0.05, 0) is 90.5 Å². The SMILES string of the molecule is O=C(OC12CC3CC(C1)CC(OC(=O)c1ccc(-c4ccccc4)cc1)(C3)C2)c1ccc(-c2ccccc2)cc1. The average molecular weight is 529 g/mol. The van der Waals surface area contributed by atoms with E-state index in [0.29, 0.717) is 29.4 Å². The Bertz CT molecular complexity index is 1390. The molecule has 0 radical (unpaired) electrons. The van der Waals surface area contributed by atoms with Gasteiger partial charge in [-0.3, -0.25) is 0 Å². The maximum absolute atomic E-state index is 13.3. The number of carbonyl (C=O) groups excluding carboxylic acids is 2. The lowest BCUT2D eigenvalue weighted by molar-refractivity contribution is -0.200. The minimum atomic E-state index is -0.573. The summed E-state index contributed by atoms with van der Waals surface area (Å²) in [4.78, 5) is 26.7. The molecule has 4 aromatic rings. The molecule has 4 heteroatoms. The third kappa shape index (κ3) is 4.72. The van der Waals surface area contributed by atoms with Gasteiger partial charge in [0, 0.05) is 6.42 Å². The molecule has 0 aromatic heterocycles. The van der Waals surface area contributed by atoms with Crippen LogP contribution in [0.15, 0.2) is 109 Å². The number of ether oxygens (including phenoxy) is 2. The Kier molecular flexibility index (Phi) is 6.07. The maximum atomic E-state index is 13.3. The highest BCUT2D eigenvalue weighted by atomic mass is 16.6. The molecule has 0 spiro atoms. The monoisotopic (exact) mass is 528 g/mol. The predicted molar refractivity (Wildman–Crippen MR) is 155 cm³/mol. The maximum Gasteiger partial charge on any atom is 0.338 e. The zero-order valence-corrected chi connectivity index (χ0v) is 22.4. The molecule has 0 atom stereocenters. The molecule has 0 N–H and O–H groups in total. The van der Waals surface area contributed by atoms with Gasteiger partial charge in [0.15, 0.2) is 0 Å². The third-order valence-electron chi connectivity index (χ3n) is 9.03. The van der Waals surface area contributed by atoms with Crippen molar-refractivity contribution in [3.05, 3.63) is 120 Å². The first-order valence-electron chi connectivity index (χ1n) is 14.3. The molecule has 4 aromatic carbocycles. The number of esters is 2. The largest absolute Gasteiger partial charge is 0.455 e. The smallest absolute Gasteiger partial charge is 0.338 e. The van der Waals surface area contributed by atoms with Crippen LogP contribution in [0, 0.1) is 11.8 Å². The first-order valence-corrected chi connectivity index (χ1v) is 14.3. The van der Waals surface area contributed by atoms with E-state index in [9.17, 15) is 9.59 Å². The molecule has 4 aliphatic carbocycles. The number of carbonyl (C=O) groups is 2. The van der Waals surface area contributed by atoms with Crippen LogP contribution in [0.4, 0.5) is 0 Å². The first kappa shape index (κ1) is 24.8. The van der Waals surface area contributed by atoms with Crippen LogP contribution in [-0.4, -0.2) is 23.1 Å². The second-order valence-corrected chi connectivity index (χ2v) is 12.0. The molecular formula is C36H32O4. The predicted octanol–water partition coefficient (Wildman–Crippen LogP) is 8.13. The van der Waals surface area contributed by atoms with Crippen LogP contribution < -0.4 is 0 Å². The lowest BCUT2D eigenvalue weighted by Gasteiger charge is -2.60. The highest BCUT2D eigenvalue weighted by molar-refractivity contribution is 5.91. The molecule has 0 unspecified atom stereocenters. The van der Waals surface area contributed by atoms with Crippen molar-refractivity contribution < 1.29 is 19.1 Å². The van der Waals surface area contributed by atoms with Crippen molar-refractivity contribution in [2.75, 3.05) is 0 Å². The summed E-state index contributed by atoms with van der Waals surface area (Å²) in [7, 11) is 0. The van der Waals surface area contributed by atoms with E-state index < -0.39 is 11.2 Å². The molecular weight excluding hydrogens is 496 g/mol. The number of rotatable bonds is 6. The summed E-state index contributed by atoms with van der Waals surface area (Å²) in [6, 6.07) is 35.5. The zero-order chi connectivity index (χ0) is 27.2. The second kappa shape index (κ2) is 9.78. The average Bonchev–Trinajstić information content (AvgIpc) is 2.97. The standard InChI is InChI=1S/C36H32O4/c37-33(31-15-11-29(12-16-31)27-7-3-1-4-8-27)39-35-20-25-19-26(21-35)23-36(22-25,24-35)40-34(38)32-17-13-30(14-18-32)28-9-5-2-6-10-28/h1-18,25-26H,19-24H2. The minimum Gasteiger partial charge on any atom is -0.455 e. The molecule has 4 nitrogen and oxygen atoms in total. The number of hydrogen-bond donors (Lipinski definition) is 0. The van der Waals surface area contributed by atoms with E-state index in [4.69, 9.17) is 9.47 Å². The summed E-state index contributed by atoms with van der Waals surface area (Å²) in [5, 5.41) is 0. The van der Waals surface area contributed by atoms with Crippen molar-refractivity contribution in [3.8, 4) is 22.3 Å². The molecule has 4 bridgehead atoms. The van der Waals surface area contributed by atoms with Crippen molar-refractivity contribution in [2.24, 2.45) is 11.8 Å². The molecule has 0 heterocycles. The highest BCUT2D eigenvalue weighted by Crippen LogP contribution is 2.60. The van der Waals surface area contributed by atoms with Crippen molar-refractivity contribution >= 4 is 11.9 Å². The van der Waals surface area contributed by atoms with Crippen molar-refractivity contribution in [2.45, 2.75) is 49.7 Å². The molecule has 4 saturated carbocycles. The summed E-state index contributed by atoms with van der Waals surface area (Å²) in [6.07, 6.45) is 5.10. The fourth-order valence-electron chi connectivity index (χ4n) is 7.70. The van der Waals surface area contributed by atoms with Gasteiger partial charge in [-0.2, -0.15) is 0 Å². The van der Waals surface area contributed by atoms with Gasteiger partial charge in [-0.15, -0.1) is 0 Å². The molecule has 0 saturated heterocycles. The van der Waals surface area contributed by atoms with E-state index in [1.807, 2.05) is 84.9 Å². The highest BCUT2D eigenvalue weighted by Gasteiger charge is 2.61. The molecule has 200 valence electrons. The van der Waals surface area contributed by atoms with Gasteiger partial charge in [-0.25, -0.2) is 9.59 Å². The molecule has 0 amide bonds. The molecule has 40 heavy (non-hydrogen) atoms. The van der Waals surface area contributed by atoms with Crippen molar-refractivity contribution in [3.63, 3.8) is 0 Å². The van der Waals surface area contributed by atoms with E-state index in [1.54, 1.807) is 0 Å². The van der Waals surface area contributed by atoms with E-state index in [2.05, 4.69) is 24.3 Å². The molecule has 8 rings (SSSR count). The number of benzene rings is 4. The Morgan fingerprint density at radius 1 is 0.500 bits per heavy atom. The second-order valence-electron chi connectivity index (χ2n) is 12.0. The zero-order valence-electron chi connectivity index (χ0n) is 22.4. The Morgan fingerprint density at radius 3 is 1.23 bits per heavy atom. The lowest BCUT2D eigenvalue weighted by Crippen LogP contribution is -2.61.